The van der Waals surface area contributed by atoms with Crippen LogP contribution in [-0.4, -0.2) is 16.8 Å². The minimum Gasteiger partial charge on any atom is -0.454 e. The first-order valence-electron chi connectivity index (χ1n) is 15.4. The molecule has 10 aromatic rings. The fourth-order valence-corrected chi connectivity index (χ4v) is 7.87. The number of nitrogens with one attached hydrogen (secondary N) is 1. The SMILES string of the molecule is B1c2c(-c3cccc4c3[nH]c3oc5ccccc5c34)cc(-c3ccccc3)cc2-n2c3c1cccc3c1oc3ccccc3c12. The van der Waals surface area contributed by atoms with E-state index in [0.717, 1.165) is 62.3 Å². The minimum absolute atomic E-state index is 0.816. The Morgan fingerprint density at radius 2 is 1.29 bits per heavy atom. The molecule has 1 aliphatic heterocycles. The molecule has 0 spiro atoms. The molecule has 4 aromatic heterocycles. The molecule has 11 rings (SSSR count). The van der Waals surface area contributed by atoms with Gasteiger partial charge in [0.2, 0.25) is 5.71 Å². The Hall–Kier alpha value is -5.94. The van der Waals surface area contributed by atoms with Crippen LogP contribution >= 0.6 is 0 Å². The van der Waals surface area contributed by atoms with Crippen molar-refractivity contribution in [1.29, 1.82) is 0 Å². The number of aromatic nitrogens is 2. The average Bonchev–Trinajstić information content (AvgIpc) is 3.83. The molecule has 0 aliphatic carbocycles. The number of nitrogens with zero attached hydrogens (tertiary/aromatic N) is 1. The number of aromatic amines is 1. The van der Waals surface area contributed by atoms with Crippen LogP contribution in [0.15, 0.2) is 136 Å². The van der Waals surface area contributed by atoms with E-state index < -0.39 is 0 Å². The molecule has 0 amide bonds. The topological polar surface area (TPSA) is 47.0 Å². The number of hydrogen-bond acceptors (Lipinski definition) is 2. The van der Waals surface area contributed by atoms with Gasteiger partial charge in [-0.05, 0) is 58.6 Å². The first-order valence-corrected chi connectivity index (χ1v) is 15.4. The Morgan fingerprint density at radius 3 is 2.18 bits per heavy atom. The fourth-order valence-electron chi connectivity index (χ4n) is 7.87. The Morgan fingerprint density at radius 1 is 0.556 bits per heavy atom. The number of rotatable bonds is 2. The molecule has 1 N–H and O–H groups in total. The second-order valence-electron chi connectivity index (χ2n) is 12.1. The Balaban J connectivity index is 1.29. The maximum Gasteiger partial charge on any atom is 0.206 e. The largest absolute Gasteiger partial charge is 0.454 e. The monoisotopic (exact) mass is 574 g/mol. The lowest BCUT2D eigenvalue weighted by Crippen LogP contribution is -2.37. The zero-order valence-corrected chi connectivity index (χ0v) is 24.1. The summed E-state index contributed by atoms with van der Waals surface area (Å²) >= 11 is 0. The Kier molecular flexibility index (Phi) is 4.37. The van der Waals surface area contributed by atoms with Gasteiger partial charge in [-0.2, -0.15) is 0 Å². The van der Waals surface area contributed by atoms with Crippen LogP contribution in [-0.2, 0) is 0 Å². The maximum atomic E-state index is 6.56. The summed E-state index contributed by atoms with van der Waals surface area (Å²) in [4.78, 5) is 3.70. The van der Waals surface area contributed by atoms with Crippen LogP contribution in [0, 0.1) is 0 Å². The molecule has 4 nitrogen and oxygen atoms in total. The van der Waals surface area contributed by atoms with Crippen molar-refractivity contribution < 1.29 is 8.83 Å². The number of para-hydroxylation sites is 4. The number of furan rings is 2. The quantitative estimate of drug-likeness (QED) is 0.210. The molecule has 0 saturated carbocycles. The van der Waals surface area contributed by atoms with Gasteiger partial charge in [0, 0.05) is 32.8 Å². The summed E-state index contributed by atoms with van der Waals surface area (Å²) < 4.78 is 15.3. The van der Waals surface area contributed by atoms with E-state index in [0.29, 0.717) is 0 Å². The first-order chi connectivity index (χ1) is 22.3. The van der Waals surface area contributed by atoms with Crippen molar-refractivity contribution in [2.45, 2.75) is 0 Å². The van der Waals surface area contributed by atoms with Crippen molar-refractivity contribution in [3.05, 3.63) is 127 Å². The molecule has 1 aliphatic rings. The lowest BCUT2D eigenvalue weighted by molar-refractivity contribution is 0.657. The standard InChI is InChI=1S/C40H23BN2O2/c1-2-10-22(11-3-1)23-20-29(24-14-8-15-27-34-25-12-4-6-18-32(25)45-40(34)42-36(24)27)35-31(21-23)43-37-28(16-9-17-30(37)41-35)39-38(43)26-13-5-7-19-33(26)44-39/h1-21,41-42H. The fraction of sp³-hybridized carbons (Fsp3) is 0. The van der Waals surface area contributed by atoms with Gasteiger partial charge in [0.1, 0.15) is 16.7 Å². The van der Waals surface area contributed by atoms with E-state index in [1.807, 2.05) is 18.2 Å². The van der Waals surface area contributed by atoms with Gasteiger partial charge in [0.05, 0.1) is 16.4 Å². The second kappa shape index (κ2) is 8.37. The molecule has 6 aromatic carbocycles. The second-order valence-corrected chi connectivity index (χ2v) is 12.1. The zero-order valence-electron chi connectivity index (χ0n) is 24.1. The van der Waals surface area contributed by atoms with Crippen LogP contribution in [0.1, 0.15) is 0 Å². The molecule has 0 atom stereocenters. The van der Waals surface area contributed by atoms with Crippen LogP contribution < -0.4 is 10.9 Å². The highest BCUT2D eigenvalue weighted by atomic mass is 16.3. The van der Waals surface area contributed by atoms with Gasteiger partial charge in [-0.15, -0.1) is 0 Å². The lowest BCUT2D eigenvalue weighted by Gasteiger charge is -2.24. The molecule has 0 radical (unpaired) electrons. The van der Waals surface area contributed by atoms with Crippen molar-refractivity contribution >= 4 is 84.1 Å². The smallest absolute Gasteiger partial charge is 0.206 e. The predicted molar refractivity (Wildman–Crippen MR) is 187 cm³/mol. The molecule has 208 valence electrons. The van der Waals surface area contributed by atoms with Crippen LogP contribution in [0.25, 0.3) is 93.9 Å². The van der Waals surface area contributed by atoms with Gasteiger partial charge < -0.3 is 18.4 Å². The van der Waals surface area contributed by atoms with Gasteiger partial charge in [-0.1, -0.05) is 96.5 Å². The van der Waals surface area contributed by atoms with Crippen molar-refractivity contribution in [3.8, 4) is 27.9 Å². The summed E-state index contributed by atoms with van der Waals surface area (Å²) in [5.41, 5.74) is 15.6. The van der Waals surface area contributed by atoms with E-state index >= 15 is 0 Å². The van der Waals surface area contributed by atoms with Gasteiger partial charge >= 0.3 is 0 Å². The van der Waals surface area contributed by atoms with Gasteiger partial charge in [0.25, 0.3) is 0 Å². The molecule has 0 bridgehead atoms. The first kappa shape index (κ1) is 23.5. The maximum absolute atomic E-state index is 6.56. The molecular formula is C40H23BN2O2. The van der Waals surface area contributed by atoms with Gasteiger partial charge in [-0.25, -0.2) is 0 Å². The summed E-state index contributed by atoms with van der Waals surface area (Å²) in [5.74, 6) is 0. The number of H-pyrrole nitrogens is 1. The molecule has 0 unspecified atom stereocenters. The van der Waals surface area contributed by atoms with Crippen LogP contribution in [0.2, 0.25) is 0 Å². The summed E-state index contributed by atoms with van der Waals surface area (Å²) in [6.45, 7) is 0. The summed E-state index contributed by atoms with van der Waals surface area (Å²) in [7, 11) is 0.831. The van der Waals surface area contributed by atoms with E-state index in [1.54, 1.807) is 0 Å². The molecule has 45 heavy (non-hydrogen) atoms. The van der Waals surface area contributed by atoms with E-state index in [4.69, 9.17) is 8.83 Å². The number of hydrogen-bond donors (Lipinski definition) is 1. The third kappa shape index (κ3) is 3.02. The molecule has 5 heteroatoms. The van der Waals surface area contributed by atoms with Crippen molar-refractivity contribution in [2.24, 2.45) is 0 Å². The number of fused-ring (bicyclic) bond motifs is 12. The summed E-state index contributed by atoms with van der Waals surface area (Å²) in [6.07, 6.45) is 0. The third-order valence-corrected chi connectivity index (χ3v) is 9.78. The highest BCUT2D eigenvalue weighted by Gasteiger charge is 2.29. The van der Waals surface area contributed by atoms with Crippen LogP contribution in [0.3, 0.4) is 0 Å². The zero-order chi connectivity index (χ0) is 29.2. The van der Waals surface area contributed by atoms with Crippen molar-refractivity contribution in [1.82, 2.24) is 9.55 Å². The normalized spacial score (nSPS) is 12.6. The van der Waals surface area contributed by atoms with Crippen LogP contribution in [0.4, 0.5) is 0 Å². The molecule has 0 saturated heterocycles. The molecule has 0 fully saturated rings. The third-order valence-electron chi connectivity index (χ3n) is 9.78. The summed E-state index contributed by atoms with van der Waals surface area (Å²) in [5, 5.41) is 5.74. The van der Waals surface area contributed by atoms with Crippen LogP contribution in [0.5, 0.6) is 0 Å². The summed E-state index contributed by atoms with van der Waals surface area (Å²) in [6, 6.07) is 45.4. The average molecular weight is 574 g/mol. The van der Waals surface area contributed by atoms with E-state index in [1.165, 1.54) is 49.8 Å². The predicted octanol–water partition coefficient (Wildman–Crippen LogP) is 8.95. The van der Waals surface area contributed by atoms with Gasteiger partial charge in [-0.3, -0.25) is 0 Å². The Labute approximate surface area is 257 Å². The van der Waals surface area contributed by atoms with E-state index in [9.17, 15) is 0 Å². The van der Waals surface area contributed by atoms with Crippen molar-refractivity contribution in [3.63, 3.8) is 0 Å². The highest BCUT2D eigenvalue weighted by molar-refractivity contribution is 6.73. The molecular weight excluding hydrogens is 551 g/mol. The number of benzene rings is 6. The minimum atomic E-state index is 0.816. The lowest BCUT2D eigenvalue weighted by atomic mass is 9.59. The van der Waals surface area contributed by atoms with E-state index in [2.05, 4.69) is 119 Å². The van der Waals surface area contributed by atoms with E-state index in [-0.39, 0.29) is 0 Å². The molecule has 5 heterocycles. The Bertz CT molecular complexity index is 2850. The van der Waals surface area contributed by atoms with Crippen molar-refractivity contribution in [2.75, 3.05) is 0 Å². The van der Waals surface area contributed by atoms with Gasteiger partial charge in [0.15, 0.2) is 12.9 Å². The highest BCUT2D eigenvalue weighted by Crippen LogP contribution is 2.42.